The Kier molecular flexibility index (Phi) is 4.92. The summed E-state index contributed by atoms with van der Waals surface area (Å²) in [4.78, 5) is 12.2. The van der Waals surface area contributed by atoms with Crippen LogP contribution in [0.2, 0.25) is 0 Å². The van der Waals surface area contributed by atoms with Crippen LogP contribution in [-0.2, 0) is 4.74 Å². The molecule has 1 unspecified atom stereocenters. The second-order valence-corrected chi connectivity index (χ2v) is 5.02. The van der Waals surface area contributed by atoms with E-state index in [1.165, 1.54) is 12.1 Å². The van der Waals surface area contributed by atoms with Crippen molar-refractivity contribution >= 4 is 11.6 Å². The summed E-state index contributed by atoms with van der Waals surface area (Å²) in [6.07, 6.45) is 1.85. The van der Waals surface area contributed by atoms with Crippen LogP contribution >= 0.6 is 0 Å². The number of nitrogens with two attached hydrogens (primary N) is 1. The number of hydrogen-bond acceptors (Lipinski definition) is 4. The predicted molar refractivity (Wildman–Crippen MR) is 74.7 cm³/mol. The van der Waals surface area contributed by atoms with Crippen molar-refractivity contribution < 1.29 is 13.9 Å². The van der Waals surface area contributed by atoms with Gasteiger partial charge in [0.25, 0.3) is 5.91 Å². The Morgan fingerprint density at radius 2 is 2.15 bits per heavy atom. The van der Waals surface area contributed by atoms with E-state index in [1.807, 2.05) is 6.92 Å². The second-order valence-electron chi connectivity index (χ2n) is 5.02. The largest absolute Gasteiger partial charge is 0.381 e. The Morgan fingerprint density at radius 3 is 2.80 bits per heavy atom. The molecule has 6 heteroatoms. The van der Waals surface area contributed by atoms with Crippen molar-refractivity contribution in [1.29, 1.82) is 0 Å². The van der Waals surface area contributed by atoms with E-state index >= 15 is 0 Å². The summed E-state index contributed by atoms with van der Waals surface area (Å²) in [5.74, 6) is 4.80. The standard InChI is InChI=1S/C14H20FN3O2/c1-9(10-5-7-20-8-6-10)17-14(19)11-3-2-4-12(15)13(11)18-16/h2-4,9-10,18H,5-8,16H2,1H3,(H,17,19). The quantitative estimate of drug-likeness (QED) is 0.579. The van der Waals surface area contributed by atoms with Crippen molar-refractivity contribution in [2.75, 3.05) is 18.6 Å². The molecule has 1 fully saturated rings. The molecule has 0 aliphatic carbocycles. The van der Waals surface area contributed by atoms with Crippen LogP contribution in [0.4, 0.5) is 10.1 Å². The maximum atomic E-state index is 13.6. The normalized spacial score (nSPS) is 17.6. The molecular weight excluding hydrogens is 261 g/mol. The third-order valence-corrected chi connectivity index (χ3v) is 3.73. The number of amides is 1. The molecule has 20 heavy (non-hydrogen) atoms. The molecule has 0 bridgehead atoms. The van der Waals surface area contributed by atoms with Crippen LogP contribution in [0.15, 0.2) is 18.2 Å². The number of nitrogen functional groups attached to an aromatic ring is 1. The molecule has 1 saturated heterocycles. The maximum Gasteiger partial charge on any atom is 0.253 e. The van der Waals surface area contributed by atoms with E-state index in [2.05, 4.69) is 10.7 Å². The van der Waals surface area contributed by atoms with E-state index in [0.29, 0.717) is 5.92 Å². The Bertz CT molecular complexity index is 475. The zero-order valence-corrected chi connectivity index (χ0v) is 11.5. The summed E-state index contributed by atoms with van der Waals surface area (Å²) in [7, 11) is 0. The fourth-order valence-corrected chi connectivity index (χ4v) is 2.48. The Morgan fingerprint density at radius 1 is 1.45 bits per heavy atom. The number of halogens is 1. The third kappa shape index (κ3) is 3.26. The highest BCUT2D eigenvalue weighted by Gasteiger charge is 2.23. The minimum atomic E-state index is -0.543. The lowest BCUT2D eigenvalue weighted by molar-refractivity contribution is 0.0538. The third-order valence-electron chi connectivity index (χ3n) is 3.73. The molecule has 2 rings (SSSR count). The molecule has 1 aromatic carbocycles. The lowest BCUT2D eigenvalue weighted by atomic mass is 9.92. The summed E-state index contributed by atoms with van der Waals surface area (Å²) >= 11 is 0. The molecule has 1 heterocycles. The van der Waals surface area contributed by atoms with Crippen molar-refractivity contribution in [2.45, 2.75) is 25.8 Å². The molecule has 1 amide bonds. The average molecular weight is 281 g/mol. The Balaban J connectivity index is 2.06. The van der Waals surface area contributed by atoms with Crippen LogP contribution in [0.1, 0.15) is 30.1 Å². The number of nitrogens with one attached hydrogen (secondary N) is 2. The van der Waals surface area contributed by atoms with Crippen LogP contribution in [0, 0.1) is 11.7 Å². The van der Waals surface area contributed by atoms with Crippen molar-refractivity contribution in [3.05, 3.63) is 29.6 Å². The van der Waals surface area contributed by atoms with Gasteiger partial charge in [-0.15, -0.1) is 0 Å². The summed E-state index contributed by atoms with van der Waals surface area (Å²) in [5, 5.41) is 2.91. The number of para-hydroxylation sites is 1. The SMILES string of the molecule is CC(NC(=O)c1cccc(F)c1NN)C1CCOCC1. The van der Waals surface area contributed by atoms with E-state index < -0.39 is 5.82 Å². The van der Waals surface area contributed by atoms with Gasteiger partial charge in [-0.05, 0) is 37.8 Å². The zero-order chi connectivity index (χ0) is 14.5. The van der Waals surface area contributed by atoms with E-state index in [1.54, 1.807) is 6.07 Å². The zero-order valence-electron chi connectivity index (χ0n) is 11.5. The van der Waals surface area contributed by atoms with Gasteiger partial charge in [0, 0.05) is 19.3 Å². The highest BCUT2D eigenvalue weighted by molar-refractivity contribution is 5.99. The number of benzene rings is 1. The van der Waals surface area contributed by atoms with Gasteiger partial charge in [0.1, 0.15) is 5.82 Å². The molecule has 0 radical (unpaired) electrons. The molecule has 1 aliphatic heterocycles. The highest BCUT2D eigenvalue weighted by atomic mass is 19.1. The smallest absolute Gasteiger partial charge is 0.253 e. The number of rotatable bonds is 4. The summed E-state index contributed by atoms with van der Waals surface area (Å²) < 4.78 is 18.9. The van der Waals surface area contributed by atoms with Crippen molar-refractivity contribution in [2.24, 2.45) is 11.8 Å². The maximum absolute atomic E-state index is 13.6. The Labute approximate surface area is 117 Å². The predicted octanol–water partition coefficient (Wildman–Crippen LogP) is 1.66. The molecule has 1 aromatic rings. The Hall–Kier alpha value is -1.66. The minimum Gasteiger partial charge on any atom is -0.381 e. The van der Waals surface area contributed by atoms with Gasteiger partial charge in [-0.2, -0.15) is 0 Å². The summed E-state index contributed by atoms with van der Waals surface area (Å²) in [6, 6.07) is 4.31. The van der Waals surface area contributed by atoms with Gasteiger partial charge in [-0.3, -0.25) is 10.6 Å². The van der Waals surface area contributed by atoms with Gasteiger partial charge in [0.15, 0.2) is 0 Å². The first kappa shape index (κ1) is 14.7. The molecule has 5 nitrogen and oxygen atoms in total. The second kappa shape index (κ2) is 6.67. The molecule has 0 saturated carbocycles. The van der Waals surface area contributed by atoms with Gasteiger partial charge >= 0.3 is 0 Å². The molecular formula is C14H20FN3O2. The lowest BCUT2D eigenvalue weighted by Gasteiger charge is -2.28. The minimum absolute atomic E-state index is 0.0142. The molecule has 0 aromatic heterocycles. The van der Waals surface area contributed by atoms with Crippen molar-refractivity contribution in [3.63, 3.8) is 0 Å². The highest BCUT2D eigenvalue weighted by Crippen LogP contribution is 2.21. The number of hydrogen-bond donors (Lipinski definition) is 3. The number of hydrazine groups is 1. The first-order chi connectivity index (χ1) is 9.63. The molecule has 1 atom stereocenters. The van der Waals surface area contributed by atoms with Gasteiger partial charge in [-0.1, -0.05) is 6.07 Å². The van der Waals surface area contributed by atoms with E-state index in [9.17, 15) is 9.18 Å². The van der Waals surface area contributed by atoms with E-state index in [4.69, 9.17) is 10.6 Å². The van der Waals surface area contributed by atoms with Gasteiger partial charge in [-0.25, -0.2) is 4.39 Å². The van der Waals surface area contributed by atoms with Crippen LogP contribution in [0.25, 0.3) is 0 Å². The van der Waals surface area contributed by atoms with Crippen LogP contribution < -0.4 is 16.6 Å². The van der Waals surface area contributed by atoms with Gasteiger partial charge < -0.3 is 15.5 Å². The average Bonchev–Trinajstić information content (AvgIpc) is 2.47. The van der Waals surface area contributed by atoms with Gasteiger partial charge in [0.05, 0.1) is 11.3 Å². The monoisotopic (exact) mass is 281 g/mol. The molecule has 0 spiro atoms. The first-order valence-corrected chi connectivity index (χ1v) is 6.77. The number of carbonyl (C=O) groups excluding carboxylic acids is 1. The van der Waals surface area contributed by atoms with Gasteiger partial charge in [0.2, 0.25) is 0 Å². The van der Waals surface area contributed by atoms with E-state index in [-0.39, 0.29) is 23.2 Å². The summed E-state index contributed by atoms with van der Waals surface area (Å²) in [5.41, 5.74) is 2.47. The number of anilines is 1. The first-order valence-electron chi connectivity index (χ1n) is 6.77. The van der Waals surface area contributed by atoms with Crippen molar-refractivity contribution in [1.82, 2.24) is 5.32 Å². The van der Waals surface area contributed by atoms with Crippen LogP contribution in [0.5, 0.6) is 0 Å². The van der Waals surface area contributed by atoms with Crippen LogP contribution in [-0.4, -0.2) is 25.2 Å². The van der Waals surface area contributed by atoms with E-state index in [0.717, 1.165) is 26.1 Å². The molecule has 110 valence electrons. The number of carbonyl (C=O) groups is 1. The lowest BCUT2D eigenvalue weighted by Crippen LogP contribution is -2.40. The topological polar surface area (TPSA) is 76.4 Å². The molecule has 4 N–H and O–H groups in total. The fourth-order valence-electron chi connectivity index (χ4n) is 2.48. The summed E-state index contributed by atoms with van der Waals surface area (Å²) in [6.45, 7) is 3.41. The van der Waals surface area contributed by atoms with Crippen molar-refractivity contribution in [3.8, 4) is 0 Å². The molecule has 1 aliphatic rings. The van der Waals surface area contributed by atoms with Crippen LogP contribution in [0.3, 0.4) is 0 Å². The number of ether oxygens (including phenoxy) is 1. The fraction of sp³-hybridized carbons (Fsp3) is 0.500.